The number of ether oxygens (including phenoxy) is 1. The predicted molar refractivity (Wildman–Crippen MR) is 84.1 cm³/mol. The molecule has 1 N–H and O–H groups in total. The highest BCUT2D eigenvalue weighted by Crippen LogP contribution is 2.26. The Bertz CT molecular complexity index is 540. The second-order valence-corrected chi connectivity index (χ2v) is 5.16. The van der Waals surface area contributed by atoms with Gasteiger partial charge in [0.25, 0.3) is 0 Å². The highest BCUT2D eigenvalue weighted by Gasteiger charge is 2.06. The second-order valence-electron chi connectivity index (χ2n) is 4.78. The van der Waals surface area contributed by atoms with E-state index in [0.29, 0.717) is 5.88 Å². The molecule has 1 heterocycles. The lowest BCUT2D eigenvalue weighted by molar-refractivity contribution is 0.243. The van der Waals surface area contributed by atoms with Crippen molar-refractivity contribution >= 4 is 23.1 Å². The van der Waals surface area contributed by atoms with E-state index in [9.17, 15) is 0 Å². The molecule has 106 valence electrons. The maximum absolute atomic E-state index is 5.74. The van der Waals surface area contributed by atoms with Gasteiger partial charge in [-0.3, -0.25) is 0 Å². The van der Waals surface area contributed by atoms with E-state index in [1.54, 1.807) is 6.20 Å². The van der Waals surface area contributed by atoms with E-state index < -0.39 is 0 Å². The molecule has 0 fully saturated rings. The number of alkyl halides is 1. The van der Waals surface area contributed by atoms with Gasteiger partial charge in [-0.05, 0) is 50.1 Å². The largest absolute Gasteiger partial charge is 0.487 e. The maximum Gasteiger partial charge on any atom is 0.173 e. The summed E-state index contributed by atoms with van der Waals surface area (Å²) in [6.45, 7) is 4.00. The van der Waals surface area contributed by atoms with Crippen LogP contribution in [0, 0.1) is 0 Å². The van der Waals surface area contributed by atoms with Crippen molar-refractivity contribution in [1.29, 1.82) is 0 Å². The van der Waals surface area contributed by atoms with Crippen LogP contribution in [0.3, 0.4) is 0 Å². The lowest BCUT2D eigenvalue weighted by atomic mass is 10.1. The Morgan fingerprint density at radius 3 is 2.60 bits per heavy atom. The summed E-state index contributed by atoms with van der Waals surface area (Å²) < 4.78 is 5.74. The first-order chi connectivity index (χ1) is 9.69. The molecule has 0 atom stereocenters. The molecule has 1 aromatic carbocycles. The molecule has 0 aliphatic carbocycles. The number of rotatable bonds is 6. The summed E-state index contributed by atoms with van der Waals surface area (Å²) in [7, 11) is 0. The summed E-state index contributed by atoms with van der Waals surface area (Å²) in [5.74, 6) is 2.12. The van der Waals surface area contributed by atoms with E-state index in [-0.39, 0.29) is 6.10 Å². The fourth-order valence-electron chi connectivity index (χ4n) is 1.83. The van der Waals surface area contributed by atoms with E-state index in [1.807, 2.05) is 38.1 Å². The molecule has 0 radical (unpaired) electrons. The Hall–Kier alpha value is -1.74. The molecule has 0 saturated heterocycles. The SMILES string of the molecule is CC(C)Oc1cccnc1Nc1ccc(CCCl)cc1. The van der Waals surface area contributed by atoms with Gasteiger partial charge >= 0.3 is 0 Å². The fraction of sp³-hybridized carbons (Fsp3) is 0.312. The zero-order valence-corrected chi connectivity index (χ0v) is 12.5. The van der Waals surface area contributed by atoms with Gasteiger partial charge in [0.1, 0.15) is 0 Å². The topological polar surface area (TPSA) is 34.1 Å². The molecule has 0 aliphatic heterocycles. The van der Waals surface area contributed by atoms with Crippen molar-refractivity contribution in [3.63, 3.8) is 0 Å². The maximum atomic E-state index is 5.74. The van der Waals surface area contributed by atoms with Gasteiger partial charge in [0.15, 0.2) is 11.6 Å². The van der Waals surface area contributed by atoms with Gasteiger partial charge in [0.05, 0.1) is 6.10 Å². The molecule has 2 rings (SSSR count). The number of benzene rings is 1. The number of aromatic nitrogens is 1. The van der Waals surface area contributed by atoms with Crippen LogP contribution < -0.4 is 10.1 Å². The van der Waals surface area contributed by atoms with Crippen molar-refractivity contribution in [1.82, 2.24) is 4.98 Å². The van der Waals surface area contributed by atoms with Gasteiger partial charge in [-0.25, -0.2) is 4.98 Å². The van der Waals surface area contributed by atoms with Crippen molar-refractivity contribution in [3.8, 4) is 5.75 Å². The average Bonchev–Trinajstić information content (AvgIpc) is 2.43. The number of pyridine rings is 1. The summed E-state index contributed by atoms with van der Waals surface area (Å²) in [5, 5.41) is 3.28. The zero-order chi connectivity index (χ0) is 14.4. The lowest BCUT2D eigenvalue weighted by Crippen LogP contribution is -2.08. The molecule has 3 nitrogen and oxygen atoms in total. The monoisotopic (exact) mass is 290 g/mol. The summed E-state index contributed by atoms with van der Waals surface area (Å²) >= 11 is 5.73. The third-order valence-corrected chi connectivity index (χ3v) is 2.92. The van der Waals surface area contributed by atoms with Crippen LogP contribution in [0.5, 0.6) is 5.75 Å². The fourth-order valence-corrected chi connectivity index (χ4v) is 2.05. The van der Waals surface area contributed by atoms with Crippen molar-refractivity contribution in [3.05, 3.63) is 48.2 Å². The van der Waals surface area contributed by atoms with Gasteiger partial charge in [-0.2, -0.15) is 0 Å². The Balaban J connectivity index is 2.13. The van der Waals surface area contributed by atoms with Crippen LogP contribution in [-0.4, -0.2) is 17.0 Å². The second kappa shape index (κ2) is 7.15. The van der Waals surface area contributed by atoms with Crippen molar-refractivity contribution in [2.45, 2.75) is 26.4 Å². The van der Waals surface area contributed by atoms with E-state index in [4.69, 9.17) is 16.3 Å². The molecular weight excluding hydrogens is 272 g/mol. The third-order valence-electron chi connectivity index (χ3n) is 2.73. The third kappa shape index (κ3) is 4.14. The summed E-state index contributed by atoms with van der Waals surface area (Å²) in [5.41, 5.74) is 2.21. The van der Waals surface area contributed by atoms with Crippen molar-refractivity contribution in [2.24, 2.45) is 0 Å². The number of anilines is 2. The van der Waals surface area contributed by atoms with Crippen molar-refractivity contribution in [2.75, 3.05) is 11.2 Å². The zero-order valence-electron chi connectivity index (χ0n) is 11.8. The summed E-state index contributed by atoms with van der Waals surface area (Å²) in [4.78, 5) is 4.33. The van der Waals surface area contributed by atoms with Gasteiger partial charge in [0, 0.05) is 17.8 Å². The smallest absolute Gasteiger partial charge is 0.173 e. The van der Waals surface area contributed by atoms with Crippen LogP contribution >= 0.6 is 11.6 Å². The van der Waals surface area contributed by atoms with E-state index in [2.05, 4.69) is 22.4 Å². The van der Waals surface area contributed by atoms with Crippen molar-refractivity contribution < 1.29 is 4.74 Å². The van der Waals surface area contributed by atoms with E-state index in [0.717, 1.165) is 23.7 Å². The highest BCUT2D eigenvalue weighted by atomic mass is 35.5. The summed E-state index contributed by atoms with van der Waals surface area (Å²) in [6.07, 6.45) is 2.75. The first kappa shape index (κ1) is 14.7. The number of nitrogens with one attached hydrogen (secondary N) is 1. The van der Waals surface area contributed by atoms with Crippen LogP contribution in [0.4, 0.5) is 11.5 Å². The predicted octanol–water partition coefficient (Wildman–Crippen LogP) is 4.39. The summed E-state index contributed by atoms with van der Waals surface area (Å²) in [6, 6.07) is 12.0. The Morgan fingerprint density at radius 1 is 1.20 bits per heavy atom. The number of aryl methyl sites for hydroxylation is 1. The first-order valence-electron chi connectivity index (χ1n) is 6.72. The molecule has 0 aliphatic rings. The van der Waals surface area contributed by atoms with Crippen LogP contribution in [-0.2, 0) is 6.42 Å². The minimum Gasteiger partial charge on any atom is -0.487 e. The number of nitrogens with zero attached hydrogens (tertiary/aromatic N) is 1. The van der Waals surface area contributed by atoms with Gasteiger partial charge in [-0.15, -0.1) is 11.6 Å². The van der Waals surface area contributed by atoms with E-state index in [1.165, 1.54) is 5.56 Å². The molecule has 0 amide bonds. The van der Waals surface area contributed by atoms with Crippen LogP contribution in [0.15, 0.2) is 42.6 Å². The van der Waals surface area contributed by atoms with Crippen LogP contribution in [0.2, 0.25) is 0 Å². The Labute approximate surface area is 124 Å². The average molecular weight is 291 g/mol. The van der Waals surface area contributed by atoms with Crippen LogP contribution in [0.1, 0.15) is 19.4 Å². The Kier molecular flexibility index (Phi) is 5.24. The highest BCUT2D eigenvalue weighted by molar-refractivity contribution is 6.17. The first-order valence-corrected chi connectivity index (χ1v) is 7.26. The van der Waals surface area contributed by atoms with Gasteiger partial charge in [0.2, 0.25) is 0 Å². The number of halogens is 1. The molecule has 0 saturated carbocycles. The number of hydrogen-bond acceptors (Lipinski definition) is 3. The molecule has 1 aromatic heterocycles. The molecule has 20 heavy (non-hydrogen) atoms. The number of hydrogen-bond donors (Lipinski definition) is 1. The molecule has 4 heteroatoms. The van der Waals surface area contributed by atoms with Gasteiger partial charge < -0.3 is 10.1 Å². The minimum atomic E-state index is 0.117. The lowest BCUT2D eigenvalue weighted by Gasteiger charge is -2.14. The minimum absolute atomic E-state index is 0.117. The van der Waals surface area contributed by atoms with Crippen LogP contribution in [0.25, 0.3) is 0 Å². The molecule has 2 aromatic rings. The molecule has 0 spiro atoms. The van der Waals surface area contributed by atoms with E-state index >= 15 is 0 Å². The normalized spacial score (nSPS) is 10.6. The molecule has 0 unspecified atom stereocenters. The Morgan fingerprint density at radius 2 is 1.95 bits per heavy atom. The quantitative estimate of drug-likeness (QED) is 0.801. The standard InChI is InChI=1S/C16H19ClN2O/c1-12(2)20-15-4-3-11-18-16(15)19-14-7-5-13(6-8-14)9-10-17/h3-8,11-12H,9-10H2,1-2H3,(H,18,19). The van der Waals surface area contributed by atoms with Gasteiger partial charge in [-0.1, -0.05) is 12.1 Å². The molecular formula is C16H19ClN2O. The molecule has 0 bridgehead atoms.